The van der Waals surface area contributed by atoms with Gasteiger partial charge in [0.15, 0.2) is 0 Å². The van der Waals surface area contributed by atoms with Gasteiger partial charge in [-0.15, -0.1) is 24.8 Å². The fourth-order valence-electron chi connectivity index (χ4n) is 4.30. The molecule has 2 aromatic heterocycles. The Balaban J connectivity index is 0. The Bertz CT molecular complexity index is 1650. The number of nitrogens with zero attached hydrogens (tertiary/aromatic N) is 3. The highest BCUT2D eigenvalue weighted by Gasteiger charge is 2.14. The van der Waals surface area contributed by atoms with Gasteiger partial charge in [0.25, 0.3) is 5.91 Å². The molecule has 0 aliphatic rings. The Labute approximate surface area is 293 Å². The van der Waals surface area contributed by atoms with E-state index in [-0.39, 0.29) is 60.1 Å². The second-order valence-electron chi connectivity index (χ2n) is 9.15. The minimum absolute atomic E-state index is 0. The molecular formula is C31H36Cl4N6O6. The standard InChI is InChI=1S/C31H24Cl2N4O3.2ClH.H4N2.3H2O/c32-26-14-25(15-27(33)16-26)28-17-29(22-9-7-21(8-10-22)24-2-1-12-34-18-24)37(36-28)19-20-3-5-23(6-4-20)31(40)35-13-11-30(38)39;;;1-2;;;/h1-10,12,14-18H,11,13,19H2,(H,35,40)(H,38,39);2*1H;1-2H2;3*1H2. The number of pyridine rings is 1. The monoisotopic (exact) mass is 728 g/mol. The number of hydrogen-bond donors (Lipinski definition) is 4. The summed E-state index contributed by atoms with van der Waals surface area (Å²) < 4.78 is 1.91. The summed E-state index contributed by atoms with van der Waals surface area (Å²) in [7, 11) is 0. The van der Waals surface area contributed by atoms with Crippen molar-refractivity contribution in [3.8, 4) is 33.6 Å². The van der Waals surface area contributed by atoms with Gasteiger partial charge in [0.05, 0.1) is 24.4 Å². The third-order valence-corrected chi connectivity index (χ3v) is 6.72. The maximum Gasteiger partial charge on any atom is 0.305 e. The zero-order valence-corrected chi connectivity index (χ0v) is 27.8. The van der Waals surface area contributed by atoms with Crippen LogP contribution in [0.4, 0.5) is 0 Å². The SMILES string of the molecule is Cl.Cl.NN.O.O.O.O=C(O)CCNC(=O)c1ccc(Cn2nc(-c3cc(Cl)cc(Cl)c3)cc2-c2ccc(-c3cccnc3)cc2)cc1. The first kappa shape index (κ1) is 45.0. The maximum atomic E-state index is 12.3. The summed E-state index contributed by atoms with van der Waals surface area (Å²) in [6.07, 6.45) is 3.45. The average molecular weight is 730 g/mol. The summed E-state index contributed by atoms with van der Waals surface area (Å²) in [5, 5.41) is 17.3. The number of benzene rings is 3. The van der Waals surface area contributed by atoms with Crippen molar-refractivity contribution < 1.29 is 31.1 Å². The van der Waals surface area contributed by atoms with E-state index in [0.717, 1.165) is 39.2 Å². The lowest BCUT2D eigenvalue weighted by Crippen LogP contribution is -2.25. The van der Waals surface area contributed by atoms with E-state index < -0.39 is 5.97 Å². The number of carboxylic acids is 1. The molecule has 16 heteroatoms. The first-order valence-corrected chi connectivity index (χ1v) is 13.6. The summed E-state index contributed by atoms with van der Waals surface area (Å²) >= 11 is 12.5. The molecule has 0 saturated heterocycles. The molecule has 12 N–H and O–H groups in total. The predicted molar refractivity (Wildman–Crippen MR) is 190 cm³/mol. The number of hydrogen-bond acceptors (Lipinski definition) is 6. The summed E-state index contributed by atoms with van der Waals surface area (Å²) in [5.41, 5.74) is 6.89. The highest BCUT2D eigenvalue weighted by molar-refractivity contribution is 6.35. The average Bonchev–Trinajstić information content (AvgIpc) is 3.42. The quantitative estimate of drug-likeness (QED) is 0.128. The molecule has 47 heavy (non-hydrogen) atoms. The molecule has 12 nitrogen and oxygen atoms in total. The number of carboxylic acid groups (broad SMARTS) is 1. The van der Waals surface area contributed by atoms with Crippen LogP contribution in [0.3, 0.4) is 0 Å². The molecule has 2 heterocycles. The number of aliphatic carboxylic acids is 1. The first-order valence-electron chi connectivity index (χ1n) is 12.8. The highest BCUT2D eigenvalue weighted by atomic mass is 35.5. The van der Waals surface area contributed by atoms with E-state index >= 15 is 0 Å². The van der Waals surface area contributed by atoms with Gasteiger partial charge in [-0.25, -0.2) is 0 Å². The molecule has 0 aliphatic heterocycles. The van der Waals surface area contributed by atoms with Gasteiger partial charge in [-0.3, -0.25) is 30.9 Å². The fraction of sp³-hybridized carbons (Fsp3) is 0.0968. The van der Waals surface area contributed by atoms with Crippen molar-refractivity contribution in [2.24, 2.45) is 11.7 Å². The van der Waals surface area contributed by atoms with E-state index in [1.165, 1.54) is 0 Å². The van der Waals surface area contributed by atoms with Crippen LogP contribution in [-0.2, 0) is 11.3 Å². The van der Waals surface area contributed by atoms with Gasteiger partial charge >= 0.3 is 5.97 Å². The molecule has 5 aromatic rings. The normalized spacial score (nSPS) is 9.36. The van der Waals surface area contributed by atoms with E-state index in [4.69, 9.17) is 33.4 Å². The third kappa shape index (κ3) is 12.2. The second kappa shape index (κ2) is 21.7. The molecule has 254 valence electrons. The van der Waals surface area contributed by atoms with Crippen LogP contribution in [-0.4, -0.2) is 54.7 Å². The lowest BCUT2D eigenvalue weighted by molar-refractivity contribution is -0.136. The van der Waals surface area contributed by atoms with E-state index in [2.05, 4.69) is 46.3 Å². The van der Waals surface area contributed by atoms with Crippen LogP contribution in [0.1, 0.15) is 22.3 Å². The van der Waals surface area contributed by atoms with Crippen LogP contribution in [0, 0.1) is 0 Å². The summed E-state index contributed by atoms with van der Waals surface area (Å²) in [6.45, 7) is 0.525. The molecule has 0 saturated carbocycles. The zero-order chi connectivity index (χ0) is 30.1. The van der Waals surface area contributed by atoms with Crippen LogP contribution in [0.2, 0.25) is 10.0 Å². The number of nitrogens with two attached hydrogens (primary N) is 2. The zero-order valence-electron chi connectivity index (χ0n) is 24.7. The van der Waals surface area contributed by atoms with Crippen LogP contribution in [0.15, 0.2) is 97.3 Å². The van der Waals surface area contributed by atoms with Gasteiger partial charge in [0, 0.05) is 40.1 Å². The molecule has 0 fully saturated rings. The third-order valence-electron chi connectivity index (χ3n) is 6.29. The first-order chi connectivity index (χ1) is 20.4. The smallest absolute Gasteiger partial charge is 0.305 e. The number of hydrazine groups is 1. The summed E-state index contributed by atoms with van der Waals surface area (Å²) in [5.74, 6) is 6.72. The van der Waals surface area contributed by atoms with Crippen molar-refractivity contribution in [3.05, 3.63) is 118 Å². The van der Waals surface area contributed by atoms with Crippen molar-refractivity contribution >= 4 is 59.9 Å². The van der Waals surface area contributed by atoms with Crippen molar-refractivity contribution in [2.75, 3.05) is 6.54 Å². The van der Waals surface area contributed by atoms with Gasteiger partial charge in [-0.1, -0.05) is 65.7 Å². The van der Waals surface area contributed by atoms with E-state index in [1.54, 1.807) is 24.4 Å². The Morgan fingerprint density at radius 1 is 0.787 bits per heavy atom. The minimum Gasteiger partial charge on any atom is -0.481 e. The van der Waals surface area contributed by atoms with E-state index in [1.807, 2.05) is 53.3 Å². The Kier molecular flexibility index (Phi) is 20.8. The molecule has 0 bridgehead atoms. The number of halogens is 4. The number of amides is 1. The molecule has 3 aromatic carbocycles. The molecule has 0 radical (unpaired) electrons. The topological polar surface area (TPSA) is 244 Å². The van der Waals surface area contributed by atoms with Crippen molar-refractivity contribution in [3.63, 3.8) is 0 Å². The van der Waals surface area contributed by atoms with Gasteiger partial charge in [-0.05, 0) is 64.7 Å². The number of rotatable bonds is 9. The van der Waals surface area contributed by atoms with E-state index in [9.17, 15) is 9.59 Å². The fourth-order valence-corrected chi connectivity index (χ4v) is 4.82. The molecule has 5 rings (SSSR count). The maximum absolute atomic E-state index is 12.3. The molecule has 1 amide bonds. The Hall–Kier alpha value is -4.08. The molecule has 0 spiro atoms. The van der Waals surface area contributed by atoms with Gasteiger partial charge < -0.3 is 26.9 Å². The number of nitrogens with one attached hydrogen (secondary N) is 1. The summed E-state index contributed by atoms with van der Waals surface area (Å²) in [6, 6.07) is 26.6. The van der Waals surface area contributed by atoms with Crippen molar-refractivity contribution in [1.29, 1.82) is 0 Å². The van der Waals surface area contributed by atoms with Gasteiger partial charge in [0.2, 0.25) is 0 Å². The van der Waals surface area contributed by atoms with E-state index in [0.29, 0.717) is 22.2 Å². The molecule has 0 unspecified atom stereocenters. The van der Waals surface area contributed by atoms with Gasteiger partial charge in [-0.2, -0.15) is 5.10 Å². The lowest BCUT2D eigenvalue weighted by atomic mass is 10.0. The Morgan fingerprint density at radius 2 is 1.38 bits per heavy atom. The number of carbonyl (C=O) groups is 2. The van der Waals surface area contributed by atoms with Crippen LogP contribution < -0.4 is 17.0 Å². The molecule has 0 aliphatic carbocycles. The largest absolute Gasteiger partial charge is 0.481 e. The lowest BCUT2D eigenvalue weighted by Gasteiger charge is -2.10. The second-order valence-corrected chi connectivity index (χ2v) is 10.0. The van der Waals surface area contributed by atoms with Crippen molar-refractivity contribution in [1.82, 2.24) is 20.1 Å². The van der Waals surface area contributed by atoms with Crippen LogP contribution in [0.25, 0.3) is 33.6 Å². The minimum atomic E-state index is -0.961. The van der Waals surface area contributed by atoms with Gasteiger partial charge in [0.1, 0.15) is 0 Å². The van der Waals surface area contributed by atoms with Crippen LogP contribution in [0.5, 0.6) is 0 Å². The molecular weight excluding hydrogens is 694 g/mol. The van der Waals surface area contributed by atoms with Crippen LogP contribution >= 0.6 is 48.0 Å². The number of aromatic nitrogens is 3. The van der Waals surface area contributed by atoms with Crippen molar-refractivity contribution in [2.45, 2.75) is 13.0 Å². The molecule has 0 atom stereocenters. The highest BCUT2D eigenvalue weighted by Crippen LogP contribution is 2.31. The summed E-state index contributed by atoms with van der Waals surface area (Å²) in [4.78, 5) is 27.2. The number of carbonyl (C=O) groups excluding carboxylic acids is 1. The Morgan fingerprint density at radius 3 is 1.94 bits per heavy atom. The predicted octanol–water partition coefficient (Wildman–Crippen LogP) is 4.03.